The van der Waals surface area contributed by atoms with Gasteiger partial charge in [-0.2, -0.15) is 0 Å². The van der Waals surface area contributed by atoms with Crippen LogP contribution in [0.1, 0.15) is 58.3 Å². The van der Waals surface area contributed by atoms with Crippen LogP contribution in [0.4, 0.5) is 0 Å². The largest absolute Gasteiger partial charge is 0.363 e. The lowest BCUT2D eigenvalue weighted by Gasteiger charge is -2.42. The Labute approximate surface area is 138 Å². The van der Waals surface area contributed by atoms with Crippen molar-refractivity contribution in [2.24, 2.45) is 0 Å². The van der Waals surface area contributed by atoms with Crippen molar-refractivity contribution in [3.8, 4) is 0 Å². The van der Waals surface area contributed by atoms with Crippen LogP contribution < -0.4 is 0 Å². The molecule has 122 valence electrons. The van der Waals surface area contributed by atoms with Gasteiger partial charge in [-0.15, -0.1) is 35.3 Å². The third-order valence-corrected chi connectivity index (χ3v) is 9.31. The maximum atomic E-state index is 10.9. The molecule has 0 aliphatic heterocycles. The van der Waals surface area contributed by atoms with E-state index in [-0.39, 0.29) is 3.41 Å². The van der Waals surface area contributed by atoms with E-state index < -0.39 is 5.79 Å². The van der Waals surface area contributed by atoms with E-state index in [1.54, 1.807) is 42.4 Å². The predicted molar refractivity (Wildman–Crippen MR) is 97.8 cm³/mol. The third kappa shape index (κ3) is 5.99. The first-order valence-corrected chi connectivity index (χ1v) is 11.2. The molecule has 0 heterocycles. The highest BCUT2D eigenvalue weighted by Crippen LogP contribution is 2.53. The molecule has 0 amide bonds. The molecule has 0 aromatic heterocycles. The summed E-state index contributed by atoms with van der Waals surface area (Å²) >= 11 is 5.02. The molecule has 20 heavy (non-hydrogen) atoms. The molecule has 0 aromatic carbocycles. The van der Waals surface area contributed by atoms with Gasteiger partial charge in [-0.1, -0.05) is 45.4 Å². The Hall–Kier alpha value is 0.970. The molecule has 2 nitrogen and oxygen atoms in total. The highest BCUT2D eigenvalue weighted by atomic mass is 32.3. The van der Waals surface area contributed by atoms with Gasteiger partial charge in [-0.25, -0.2) is 0 Å². The summed E-state index contributed by atoms with van der Waals surface area (Å²) in [6, 6.07) is 0. The molecule has 1 unspecified atom stereocenters. The minimum atomic E-state index is -1.06. The molecule has 0 rings (SSSR count). The van der Waals surface area contributed by atoms with Gasteiger partial charge < -0.3 is 9.84 Å². The van der Waals surface area contributed by atoms with Crippen molar-refractivity contribution in [1.82, 2.24) is 0 Å². The molecule has 0 saturated heterocycles. The topological polar surface area (TPSA) is 29.5 Å². The zero-order valence-corrected chi connectivity index (χ0v) is 16.2. The quantitative estimate of drug-likeness (QED) is 0.367. The highest BCUT2D eigenvalue weighted by molar-refractivity contribution is 8.33. The molecule has 1 N–H and O–H groups in total. The van der Waals surface area contributed by atoms with Crippen LogP contribution >= 0.6 is 35.3 Å². The first-order chi connectivity index (χ1) is 9.55. The van der Waals surface area contributed by atoms with Crippen LogP contribution in [-0.2, 0) is 4.74 Å². The van der Waals surface area contributed by atoms with Crippen molar-refractivity contribution in [1.29, 1.82) is 0 Å². The van der Waals surface area contributed by atoms with Gasteiger partial charge in [-0.05, 0) is 25.2 Å². The lowest BCUT2D eigenvalue weighted by atomic mass is 10.1. The molecule has 0 aliphatic rings. The number of methoxy groups -OCH3 is 1. The number of rotatable bonds is 13. The van der Waals surface area contributed by atoms with E-state index in [0.29, 0.717) is 6.42 Å². The number of hydrogen-bond donors (Lipinski definition) is 1. The number of ether oxygens (including phenoxy) is 1. The Kier molecular flexibility index (Phi) is 12.1. The molecule has 0 aliphatic carbocycles. The summed E-state index contributed by atoms with van der Waals surface area (Å²) in [6.45, 7) is 2.24. The van der Waals surface area contributed by atoms with Crippen LogP contribution in [0.3, 0.4) is 0 Å². The van der Waals surface area contributed by atoms with E-state index in [9.17, 15) is 5.11 Å². The Balaban J connectivity index is 4.23. The average molecular weight is 341 g/mol. The van der Waals surface area contributed by atoms with E-state index in [1.807, 2.05) is 18.8 Å². The standard InChI is InChI=1S/C15H32O2S3/c1-6-7-8-9-10-11-12-13-14(16,17-2)15(18-3,19-4)20-5/h16H,6-13H2,1-5H3. The van der Waals surface area contributed by atoms with E-state index in [1.165, 1.54) is 38.5 Å². The fourth-order valence-electron chi connectivity index (χ4n) is 2.43. The van der Waals surface area contributed by atoms with Crippen LogP contribution in [0, 0.1) is 0 Å². The lowest BCUT2D eigenvalue weighted by molar-refractivity contribution is -0.182. The zero-order valence-electron chi connectivity index (χ0n) is 13.7. The SMILES string of the molecule is CCCCCCCCCC(O)(OC)C(SC)(SC)SC. The molecule has 0 bridgehead atoms. The van der Waals surface area contributed by atoms with E-state index in [2.05, 4.69) is 6.92 Å². The Morgan fingerprint density at radius 2 is 1.30 bits per heavy atom. The molecule has 5 heteroatoms. The maximum absolute atomic E-state index is 10.9. The van der Waals surface area contributed by atoms with Gasteiger partial charge in [0, 0.05) is 13.5 Å². The number of hydrogen-bond acceptors (Lipinski definition) is 5. The van der Waals surface area contributed by atoms with Crippen LogP contribution in [0.25, 0.3) is 0 Å². The van der Waals surface area contributed by atoms with E-state index in [4.69, 9.17) is 4.74 Å². The minimum absolute atomic E-state index is 0.343. The maximum Gasteiger partial charge on any atom is 0.199 e. The molecule has 0 saturated carbocycles. The predicted octanol–water partition coefficient (Wildman–Crippen LogP) is 5.20. The molecule has 0 fully saturated rings. The van der Waals surface area contributed by atoms with Crippen LogP contribution in [0.15, 0.2) is 0 Å². The van der Waals surface area contributed by atoms with Gasteiger partial charge in [0.05, 0.1) is 0 Å². The summed E-state index contributed by atoms with van der Waals surface area (Å²) < 4.78 is 5.17. The summed E-state index contributed by atoms with van der Waals surface area (Å²) in [6.07, 6.45) is 15.6. The second-order valence-corrected chi connectivity index (χ2v) is 8.87. The monoisotopic (exact) mass is 340 g/mol. The average Bonchev–Trinajstić information content (AvgIpc) is 2.48. The molecular formula is C15H32O2S3. The van der Waals surface area contributed by atoms with Gasteiger partial charge in [0.1, 0.15) is 0 Å². The van der Waals surface area contributed by atoms with E-state index >= 15 is 0 Å². The van der Waals surface area contributed by atoms with Crippen molar-refractivity contribution < 1.29 is 9.84 Å². The highest BCUT2D eigenvalue weighted by Gasteiger charge is 2.49. The number of thioether (sulfide) groups is 3. The normalized spacial score (nSPS) is 15.3. The zero-order chi connectivity index (χ0) is 15.5. The summed E-state index contributed by atoms with van der Waals surface area (Å²) in [5.41, 5.74) is 0. The molecule has 0 aromatic rings. The second-order valence-electron chi connectivity index (χ2n) is 5.03. The molecule has 0 radical (unpaired) electrons. The third-order valence-electron chi connectivity index (χ3n) is 3.74. The van der Waals surface area contributed by atoms with Crippen molar-refractivity contribution in [2.45, 2.75) is 67.5 Å². The number of aliphatic hydroxyl groups is 1. The van der Waals surface area contributed by atoms with Gasteiger partial charge in [0.25, 0.3) is 0 Å². The van der Waals surface area contributed by atoms with Gasteiger partial charge in [-0.3, -0.25) is 0 Å². The van der Waals surface area contributed by atoms with Crippen molar-refractivity contribution in [3.63, 3.8) is 0 Å². The number of unbranched alkanes of at least 4 members (excludes halogenated alkanes) is 6. The minimum Gasteiger partial charge on any atom is -0.363 e. The van der Waals surface area contributed by atoms with Crippen molar-refractivity contribution in [2.75, 3.05) is 25.9 Å². The molecule has 1 atom stereocenters. The Bertz CT molecular complexity index is 227. The van der Waals surface area contributed by atoms with Crippen molar-refractivity contribution in [3.05, 3.63) is 0 Å². The Morgan fingerprint density at radius 3 is 1.70 bits per heavy atom. The molecular weight excluding hydrogens is 308 g/mol. The van der Waals surface area contributed by atoms with Gasteiger partial charge >= 0.3 is 0 Å². The van der Waals surface area contributed by atoms with Gasteiger partial charge in [0.15, 0.2) is 9.20 Å². The molecule has 0 spiro atoms. The fourth-order valence-corrected chi connectivity index (χ4v) is 5.94. The summed E-state index contributed by atoms with van der Waals surface area (Å²) in [7, 11) is 1.62. The van der Waals surface area contributed by atoms with Crippen molar-refractivity contribution >= 4 is 35.3 Å². The van der Waals surface area contributed by atoms with Crippen LogP contribution in [-0.4, -0.2) is 40.2 Å². The van der Waals surface area contributed by atoms with Crippen LogP contribution in [0.5, 0.6) is 0 Å². The first kappa shape index (κ1) is 21.0. The lowest BCUT2D eigenvalue weighted by Crippen LogP contribution is -2.48. The van der Waals surface area contributed by atoms with Gasteiger partial charge in [0.2, 0.25) is 0 Å². The van der Waals surface area contributed by atoms with Crippen LogP contribution in [0.2, 0.25) is 0 Å². The van der Waals surface area contributed by atoms with E-state index in [0.717, 1.165) is 6.42 Å². The fraction of sp³-hybridized carbons (Fsp3) is 1.00. The second kappa shape index (κ2) is 11.5. The smallest absolute Gasteiger partial charge is 0.199 e. The Morgan fingerprint density at radius 1 is 0.850 bits per heavy atom. The summed E-state index contributed by atoms with van der Waals surface area (Å²) in [4.78, 5) is 0. The summed E-state index contributed by atoms with van der Waals surface area (Å²) in [5.74, 6) is -1.06. The summed E-state index contributed by atoms with van der Waals surface area (Å²) in [5, 5.41) is 10.9. The first-order valence-electron chi connectivity index (χ1n) is 7.48.